The molecule has 5 aromatic rings. The van der Waals surface area contributed by atoms with Gasteiger partial charge in [-0.15, -0.1) is 0 Å². The number of halogens is 1. The lowest BCUT2D eigenvalue weighted by Crippen LogP contribution is -2.38. The highest BCUT2D eigenvalue weighted by molar-refractivity contribution is 7.92. The standard InChI is InChI=1S/C36H36ClN5O4S2/c1-38-34(43)29-15-13-25(14-16-29)21-23-42(24-22-31(26-9-5-3-6-10-26)27-11-7-4-8-12-27)36(44)40-35-39-32(33(37)47-35)28-17-19-30(20-18-28)41-48(2,45)46/h3-20,31,41H,21-24H2,1-2H3,(H,38,43)(H,39,40,44). The highest BCUT2D eigenvalue weighted by Gasteiger charge is 2.21. The number of carbonyl (C=O) groups excluding carboxylic acids is 2. The quantitative estimate of drug-likeness (QED) is 0.118. The van der Waals surface area contributed by atoms with Crippen molar-refractivity contribution in [1.29, 1.82) is 0 Å². The summed E-state index contributed by atoms with van der Waals surface area (Å²) in [6.07, 6.45) is 2.36. The molecule has 0 unspecified atom stereocenters. The van der Waals surface area contributed by atoms with Crippen LogP contribution in [-0.4, -0.2) is 56.6 Å². The van der Waals surface area contributed by atoms with E-state index in [0.717, 1.165) is 23.2 Å². The summed E-state index contributed by atoms with van der Waals surface area (Å²) in [7, 11) is -1.81. The Kier molecular flexibility index (Phi) is 11.5. The topological polar surface area (TPSA) is 120 Å². The Morgan fingerprint density at radius 3 is 2.02 bits per heavy atom. The van der Waals surface area contributed by atoms with E-state index in [-0.39, 0.29) is 17.9 Å². The number of hydrogen-bond acceptors (Lipinski definition) is 6. The second-order valence-corrected chi connectivity index (χ2v) is 14.5. The molecule has 12 heteroatoms. The zero-order valence-corrected chi connectivity index (χ0v) is 28.9. The van der Waals surface area contributed by atoms with Gasteiger partial charge in [-0.2, -0.15) is 0 Å². The number of nitrogens with zero attached hydrogens (tertiary/aromatic N) is 2. The third-order valence-electron chi connectivity index (χ3n) is 7.75. The maximum atomic E-state index is 13.9. The molecular weight excluding hydrogens is 666 g/mol. The van der Waals surface area contributed by atoms with Crippen molar-refractivity contribution in [3.8, 4) is 11.3 Å². The molecule has 1 aromatic heterocycles. The summed E-state index contributed by atoms with van der Waals surface area (Å²) in [5, 5.41) is 5.93. The fourth-order valence-corrected chi connectivity index (χ4v) is 6.98. The van der Waals surface area contributed by atoms with Gasteiger partial charge in [-0.05, 0) is 53.8 Å². The predicted octanol–water partition coefficient (Wildman–Crippen LogP) is 7.49. The molecule has 0 spiro atoms. The average Bonchev–Trinajstić information content (AvgIpc) is 3.45. The number of hydrogen-bond donors (Lipinski definition) is 3. The van der Waals surface area contributed by atoms with Crippen LogP contribution < -0.4 is 15.4 Å². The van der Waals surface area contributed by atoms with E-state index in [4.69, 9.17) is 11.6 Å². The van der Waals surface area contributed by atoms with Crippen LogP contribution in [0.25, 0.3) is 11.3 Å². The molecule has 0 fully saturated rings. The first-order valence-electron chi connectivity index (χ1n) is 15.3. The predicted molar refractivity (Wildman–Crippen MR) is 194 cm³/mol. The number of thiazole rings is 1. The highest BCUT2D eigenvalue weighted by atomic mass is 35.5. The maximum Gasteiger partial charge on any atom is 0.323 e. The molecule has 1 heterocycles. The van der Waals surface area contributed by atoms with Gasteiger partial charge in [0, 0.05) is 42.9 Å². The average molecular weight is 702 g/mol. The number of amides is 3. The smallest absolute Gasteiger partial charge is 0.323 e. The van der Waals surface area contributed by atoms with Crippen molar-refractivity contribution in [1.82, 2.24) is 15.2 Å². The Labute approximate surface area is 290 Å². The number of anilines is 2. The maximum absolute atomic E-state index is 13.9. The second kappa shape index (κ2) is 15.9. The van der Waals surface area contributed by atoms with E-state index in [1.807, 2.05) is 48.5 Å². The number of rotatable bonds is 13. The number of nitrogens with one attached hydrogen (secondary N) is 3. The van der Waals surface area contributed by atoms with Gasteiger partial charge in [0.25, 0.3) is 5.91 Å². The van der Waals surface area contributed by atoms with Gasteiger partial charge < -0.3 is 10.2 Å². The van der Waals surface area contributed by atoms with Gasteiger partial charge in [0.15, 0.2) is 5.13 Å². The van der Waals surface area contributed by atoms with E-state index in [0.29, 0.717) is 57.9 Å². The van der Waals surface area contributed by atoms with Crippen LogP contribution in [0.15, 0.2) is 109 Å². The molecule has 9 nitrogen and oxygen atoms in total. The summed E-state index contributed by atoms with van der Waals surface area (Å²) in [6.45, 7) is 0.902. The number of sulfonamides is 1. The normalized spacial score (nSPS) is 11.2. The first-order chi connectivity index (χ1) is 23.1. The first-order valence-corrected chi connectivity index (χ1v) is 18.4. The molecule has 5 rings (SSSR count). The Morgan fingerprint density at radius 2 is 1.46 bits per heavy atom. The van der Waals surface area contributed by atoms with Gasteiger partial charge >= 0.3 is 6.03 Å². The zero-order valence-electron chi connectivity index (χ0n) is 26.5. The van der Waals surface area contributed by atoms with Gasteiger partial charge in [0.2, 0.25) is 10.0 Å². The van der Waals surface area contributed by atoms with Crippen molar-refractivity contribution >= 4 is 55.7 Å². The van der Waals surface area contributed by atoms with E-state index in [1.165, 1.54) is 11.1 Å². The molecule has 0 radical (unpaired) electrons. The fraction of sp³-hybridized carbons (Fsp3) is 0.194. The summed E-state index contributed by atoms with van der Waals surface area (Å²) in [4.78, 5) is 32.2. The minimum Gasteiger partial charge on any atom is -0.355 e. The summed E-state index contributed by atoms with van der Waals surface area (Å²) in [5.41, 5.74) is 5.49. The molecule has 0 aliphatic rings. The summed E-state index contributed by atoms with van der Waals surface area (Å²) in [6, 6.07) is 34.3. The lowest BCUT2D eigenvalue weighted by Gasteiger charge is -2.26. The molecule has 0 atom stereocenters. The SMILES string of the molecule is CNC(=O)c1ccc(CCN(CCC(c2ccccc2)c2ccccc2)C(=O)Nc2nc(-c3ccc(NS(C)(=O)=O)cc3)c(Cl)s2)cc1. The molecule has 3 N–H and O–H groups in total. The van der Waals surface area contributed by atoms with Crippen LogP contribution >= 0.6 is 22.9 Å². The third-order valence-corrected chi connectivity index (χ3v) is 9.53. The van der Waals surface area contributed by atoms with E-state index in [2.05, 4.69) is 44.6 Å². The first kappa shape index (κ1) is 34.6. The van der Waals surface area contributed by atoms with Gasteiger partial charge in [-0.25, -0.2) is 18.2 Å². The Hall–Kier alpha value is -4.71. The molecule has 0 aliphatic heterocycles. The number of urea groups is 1. The highest BCUT2D eigenvalue weighted by Crippen LogP contribution is 2.36. The fourth-order valence-electron chi connectivity index (χ4n) is 5.34. The zero-order chi connectivity index (χ0) is 34.1. The molecule has 3 amide bonds. The minimum absolute atomic E-state index is 0.0793. The molecule has 0 aliphatic carbocycles. The van der Waals surface area contributed by atoms with Crippen LogP contribution in [0.1, 0.15) is 39.4 Å². The monoisotopic (exact) mass is 701 g/mol. The third kappa shape index (κ3) is 9.43. The molecule has 0 saturated carbocycles. The molecule has 248 valence electrons. The lowest BCUT2D eigenvalue weighted by atomic mass is 9.88. The van der Waals surface area contributed by atoms with E-state index in [9.17, 15) is 18.0 Å². The number of benzene rings is 4. The van der Waals surface area contributed by atoms with Crippen LogP contribution in [0.5, 0.6) is 0 Å². The molecule has 48 heavy (non-hydrogen) atoms. The van der Waals surface area contributed by atoms with E-state index < -0.39 is 10.0 Å². The van der Waals surface area contributed by atoms with Crippen LogP contribution in [0, 0.1) is 0 Å². The summed E-state index contributed by atoms with van der Waals surface area (Å²) in [5.74, 6) is -0.0750. The van der Waals surface area contributed by atoms with Crippen LogP contribution in [0.3, 0.4) is 0 Å². The minimum atomic E-state index is -3.41. The second-order valence-electron chi connectivity index (χ2n) is 11.2. The Bertz CT molecular complexity index is 1900. The molecule has 4 aromatic carbocycles. The van der Waals surface area contributed by atoms with E-state index >= 15 is 0 Å². The van der Waals surface area contributed by atoms with Crippen molar-refractivity contribution in [2.75, 3.05) is 36.4 Å². The van der Waals surface area contributed by atoms with Gasteiger partial charge in [0.1, 0.15) is 10.0 Å². The van der Waals surface area contributed by atoms with Gasteiger partial charge in [0.05, 0.1) is 6.26 Å². The molecular formula is C36H36ClN5O4S2. The number of carbonyl (C=O) groups is 2. The van der Waals surface area contributed by atoms with Crippen LogP contribution in [0.4, 0.5) is 15.6 Å². The largest absolute Gasteiger partial charge is 0.355 e. The number of aromatic nitrogens is 1. The van der Waals surface area contributed by atoms with Crippen molar-refractivity contribution in [2.45, 2.75) is 18.8 Å². The molecule has 0 saturated heterocycles. The van der Waals surface area contributed by atoms with Crippen molar-refractivity contribution in [2.24, 2.45) is 0 Å². The van der Waals surface area contributed by atoms with E-state index in [1.54, 1.807) is 48.3 Å². The summed E-state index contributed by atoms with van der Waals surface area (Å²) >= 11 is 7.72. The Balaban J connectivity index is 1.35. The van der Waals surface area contributed by atoms with Gasteiger partial charge in [-0.3, -0.25) is 14.8 Å². The van der Waals surface area contributed by atoms with Crippen molar-refractivity contribution in [3.05, 3.63) is 136 Å². The van der Waals surface area contributed by atoms with Crippen molar-refractivity contribution < 1.29 is 18.0 Å². The summed E-state index contributed by atoms with van der Waals surface area (Å²) < 4.78 is 26.0. The van der Waals surface area contributed by atoms with Gasteiger partial charge in [-0.1, -0.05) is 108 Å². The molecule has 0 bridgehead atoms. The van der Waals surface area contributed by atoms with Crippen molar-refractivity contribution in [3.63, 3.8) is 0 Å². The lowest BCUT2D eigenvalue weighted by molar-refractivity contribution is 0.0963. The van der Waals surface area contributed by atoms with Crippen LogP contribution in [0.2, 0.25) is 4.34 Å². The van der Waals surface area contributed by atoms with Crippen LogP contribution in [-0.2, 0) is 16.4 Å². The Morgan fingerprint density at radius 1 is 0.854 bits per heavy atom.